The first-order valence-corrected chi connectivity index (χ1v) is 9.54. The summed E-state index contributed by atoms with van der Waals surface area (Å²) in [5.74, 6) is 1.54. The zero-order valence-electron chi connectivity index (χ0n) is 16.2. The van der Waals surface area contributed by atoms with Crippen LogP contribution in [0, 0.1) is 5.41 Å². The number of hydrogen-bond donors (Lipinski definition) is 4. The lowest BCUT2D eigenvalue weighted by atomic mass is 9.95. The first-order valence-electron chi connectivity index (χ1n) is 9.54. The Bertz CT molecular complexity index is 970. The van der Waals surface area contributed by atoms with Crippen LogP contribution in [0.5, 0.6) is 0 Å². The summed E-state index contributed by atoms with van der Waals surface area (Å²) in [6.07, 6.45) is 6.28. The number of aromatic nitrogens is 3. The molecular formula is C20H26N6O2. The molecule has 1 aliphatic heterocycles. The normalized spacial score (nSPS) is 18.8. The van der Waals surface area contributed by atoms with Gasteiger partial charge in [-0.1, -0.05) is 20.4 Å². The van der Waals surface area contributed by atoms with E-state index in [1.54, 1.807) is 10.7 Å². The van der Waals surface area contributed by atoms with E-state index >= 15 is 0 Å². The van der Waals surface area contributed by atoms with Crippen molar-refractivity contribution in [2.75, 3.05) is 23.8 Å². The molecule has 1 saturated carbocycles. The van der Waals surface area contributed by atoms with Gasteiger partial charge in [-0.3, -0.25) is 4.79 Å². The van der Waals surface area contributed by atoms with E-state index in [1.165, 1.54) is 0 Å². The molecule has 0 aromatic carbocycles. The lowest BCUT2D eigenvalue weighted by molar-refractivity contribution is -0.118. The second-order valence-corrected chi connectivity index (χ2v) is 8.33. The molecule has 0 radical (unpaired) electrons. The maximum Gasteiger partial charge on any atom is 0.228 e. The van der Waals surface area contributed by atoms with E-state index in [1.807, 2.05) is 26.0 Å². The molecular weight excluding hydrogens is 356 g/mol. The highest BCUT2D eigenvalue weighted by Gasteiger charge is 2.24. The van der Waals surface area contributed by atoms with Crippen molar-refractivity contribution in [3.05, 3.63) is 35.7 Å². The third-order valence-corrected chi connectivity index (χ3v) is 4.96. The van der Waals surface area contributed by atoms with Gasteiger partial charge in [0.25, 0.3) is 0 Å². The Morgan fingerprint density at radius 3 is 2.89 bits per heavy atom. The quantitative estimate of drug-likeness (QED) is 0.585. The summed E-state index contributed by atoms with van der Waals surface area (Å²) in [6.45, 7) is 8.56. The van der Waals surface area contributed by atoms with Gasteiger partial charge in [0.1, 0.15) is 11.6 Å². The lowest BCUT2D eigenvalue weighted by Gasteiger charge is -2.22. The molecule has 1 saturated heterocycles. The lowest BCUT2D eigenvalue weighted by Crippen LogP contribution is -2.27. The number of rotatable bonds is 7. The number of amides is 1. The van der Waals surface area contributed by atoms with Crippen LogP contribution in [0.3, 0.4) is 0 Å². The predicted octanol–water partition coefficient (Wildman–Crippen LogP) is 2.15. The number of nitrogens with one attached hydrogen (secondary N) is 3. The molecule has 28 heavy (non-hydrogen) atoms. The zero-order chi connectivity index (χ0) is 19.9. The molecule has 0 unspecified atom stereocenters. The minimum Gasteiger partial charge on any atom is -0.396 e. The highest BCUT2D eigenvalue weighted by Crippen LogP contribution is 2.29. The smallest absolute Gasteiger partial charge is 0.228 e. The summed E-state index contributed by atoms with van der Waals surface area (Å²) in [6, 6.07) is 2.41. The van der Waals surface area contributed by atoms with Crippen molar-refractivity contribution >= 4 is 29.3 Å². The molecule has 4 N–H and O–H groups in total. The van der Waals surface area contributed by atoms with E-state index in [4.69, 9.17) is 4.98 Å². The number of anilines is 2. The second kappa shape index (κ2) is 6.94. The van der Waals surface area contributed by atoms with Crippen molar-refractivity contribution in [2.45, 2.75) is 39.2 Å². The molecule has 1 amide bonds. The van der Waals surface area contributed by atoms with Gasteiger partial charge in [0.05, 0.1) is 12.6 Å². The van der Waals surface area contributed by atoms with Gasteiger partial charge in [-0.25, -0.2) is 4.98 Å². The monoisotopic (exact) mass is 382 g/mol. The van der Waals surface area contributed by atoms with Crippen LogP contribution >= 0.6 is 0 Å². The van der Waals surface area contributed by atoms with Gasteiger partial charge < -0.3 is 21.1 Å². The number of fused-ring (bicyclic) bond motifs is 1. The molecule has 4 rings (SSSR count). The van der Waals surface area contributed by atoms with Crippen molar-refractivity contribution in [2.24, 2.45) is 5.41 Å². The maximum absolute atomic E-state index is 11.6. The van der Waals surface area contributed by atoms with E-state index < -0.39 is 0 Å². The van der Waals surface area contributed by atoms with Crippen LogP contribution in [0.2, 0.25) is 0 Å². The Balaban J connectivity index is 1.71. The van der Waals surface area contributed by atoms with E-state index in [0.717, 1.165) is 35.6 Å². The summed E-state index contributed by atoms with van der Waals surface area (Å²) >= 11 is 0. The number of allylic oxidation sites excluding steroid dienone is 1. The summed E-state index contributed by atoms with van der Waals surface area (Å²) in [5.41, 5.74) is 2.75. The third-order valence-electron chi connectivity index (χ3n) is 4.96. The van der Waals surface area contributed by atoms with Gasteiger partial charge in [0, 0.05) is 41.9 Å². The Morgan fingerprint density at radius 1 is 1.46 bits per heavy atom. The van der Waals surface area contributed by atoms with Gasteiger partial charge in [0.15, 0.2) is 5.65 Å². The second-order valence-electron chi connectivity index (χ2n) is 8.33. The van der Waals surface area contributed by atoms with Gasteiger partial charge in [-0.05, 0) is 24.5 Å². The number of carbonyl (C=O) groups is 1. The molecule has 2 fully saturated rings. The van der Waals surface area contributed by atoms with E-state index in [2.05, 4.69) is 27.6 Å². The maximum atomic E-state index is 11.6. The van der Waals surface area contributed by atoms with Crippen LogP contribution < -0.4 is 16.0 Å². The summed E-state index contributed by atoms with van der Waals surface area (Å²) in [4.78, 5) is 16.3. The van der Waals surface area contributed by atoms with Crippen LogP contribution in [0.1, 0.15) is 38.7 Å². The Morgan fingerprint density at radius 2 is 2.25 bits per heavy atom. The van der Waals surface area contributed by atoms with Gasteiger partial charge in [-0.2, -0.15) is 9.61 Å². The molecule has 8 heteroatoms. The highest BCUT2D eigenvalue weighted by molar-refractivity contribution is 5.89. The fraction of sp³-hybridized carbons (Fsp3) is 0.450. The first-order chi connectivity index (χ1) is 13.3. The van der Waals surface area contributed by atoms with Crippen LogP contribution in [0.4, 0.5) is 11.6 Å². The van der Waals surface area contributed by atoms with Gasteiger partial charge in [0.2, 0.25) is 5.91 Å². The average Bonchev–Trinajstić information content (AvgIpc) is 3.29. The van der Waals surface area contributed by atoms with Crippen LogP contribution in [-0.2, 0) is 4.79 Å². The van der Waals surface area contributed by atoms with Crippen molar-refractivity contribution < 1.29 is 9.90 Å². The first kappa shape index (κ1) is 18.5. The van der Waals surface area contributed by atoms with E-state index in [-0.39, 0.29) is 17.9 Å². The van der Waals surface area contributed by atoms with E-state index in [9.17, 15) is 9.90 Å². The fourth-order valence-corrected chi connectivity index (χ4v) is 3.00. The van der Waals surface area contributed by atoms with Crippen molar-refractivity contribution in [1.82, 2.24) is 19.9 Å². The van der Waals surface area contributed by atoms with E-state index in [0.29, 0.717) is 30.4 Å². The topological polar surface area (TPSA) is 104 Å². The largest absolute Gasteiger partial charge is 0.396 e. The third kappa shape index (κ3) is 3.87. The average molecular weight is 382 g/mol. The van der Waals surface area contributed by atoms with Gasteiger partial charge >= 0.3 is 0 Å². The zero-order valence-corrected chi connectivity index (χ0v) is 16.2. The standard InChI is InChI=1S/C20H26N6O2/c1-12-13(7-18(28)23-12)6-14-9-22-26-17(24-15-4-5-15)8-16(25-19(14)26)21-10-20(2,3)11-27/h6,8-9,15,24,27H,1,4-5,7,10-11H2,2-3H3,(H,21,25)(H,23,28)/b13-6+. The van der Waals surface area contributed by atoms with Crippen LogP contribution in [0.25, 0.3) is 11.7 Å². The molecule has 0 spiro atoms. The molecule has 2 aliphatic rings. The number of carbonyl (C=O) groups excluding carboxylic acids is 1. The molecule has 8 nitrogen and oxygen atoms in total. The van der Waals surface area contributed by atoms with Crippen molar-refractivity contribution in [3.8, 4) is 0 Å². The molecule has 0 bridgehead atoms. The predicted molar refractivity (Wildman–Crippen MR) is 109 cm³/mol. The molecule has 148 valence electrons. The molecule has 2 aromatic heterocycles. The van der Waals surface area contributed by atoms with Gasteiger partial charge in [-0.15, -0.1) is 0 Å². The summed E-state index contributed by atoms with van der Waals surface area (Å²) in [7, 11) is 0. The summed E-state index contributed by atoms with van der Waals surface area (Å²) < 4.78 is 1.79. The summed E-state index contributed by atoms with van der Waals surface area (Å²) in [5, 5.41) is 23.6. The number of aliphatic hydroxyl groups excluding tert-OH is 1. The van der Waals surface area contributed by atoms with Crippen molar-refractivity contribution in [1.29, 1.82) is 0 Å². The van der Waals surface area contributed by atoms with Crippen molar-refractivity contribution in [3.63, 3.8) is 0 Å². The fourth-order valence-electron chi connectivity index (χ4n) is 3.00. The molecule has 0 atom stereocenters. The minimum absolute atomic E-state index is 0.0506. The number of aliphatic hydroxyl groups is 1. The minimum atomic E-state index is -0.253. The Kier molecular flexibility index (Phi) is 4.58. The Hall–Kier alpha value is -2.87. The van der Waals surface area contributed by atoms with Crippen LogP contribution in [0.15, 0.2) is 30.1 Å². The molecule has 1 aliphatic carbocycles. The highest BCUT2D eigenvalue weighted by atomic mass is 16.3. The number of nitrogens with zero attached hydrogens (tertiary/aromatic N) is 3. The number of hydrogen-bond acceptors (Lipinski definition) is 6. The SMILES string of the molecule is C=C1NC(=O)C/C1=C\c1cnn2c(NC3CC3)cc(NCC(C)(C)CO)nc12. The van der Waals surface area contributed by atoms with Crippen LogP contribution in [-0.4, -0.2) is 44.8 Å². The Labute approximate surface area is 163 Å². The molecule has 2 aromatic rings. The molecule has 3 heterocycles.